The molecule has 0 radical (unpaired) electrons. The molecule has 0 fully saturated rings. The number of nitro groups is 1. The minimum atomic E-state index is -0.389. The fraction of sp³-hybridized carbons (Fsp3) is 0.308. The predicted molar refractivity (Wildman–Crippen MR) is 68.1 cm³/mol. The van der Waals surface area contributed by atoms with Crippen molar-refractivity contribution in [1.29, 1.82) is 0 Å². The fourth-order valence-electron chi connectivity index (χ4n) is 2.15. The van der Waals surface area contributed by atoms with E-state index >= 15 is 0 Å². The van der Waals surface area contributed by atoms with Crippen molar-refractivity contribution in [3.05, 3.63) is 45.5 Å². The molecule has 1 aliphatic rings. The Kier molecular flexibility index (Phi) is 3.41. The first-order valence-corrected chi connectivity index (χ1v) is 5.75. The monoisotopic (exact) mass is 246 g/mol. The molecule has 0 aromatic heterocycles. The summed E-state index contributed by atoms with van der Waals surface area (Å²) in [6, 6.07) is 4.90. The third kappa shape index (κ3) is 2.40. The van der Waals surface area contributed by atoms with Gasteiger partial charge in [0, 0.05) is 25.2 Å². The Morgan fingerprint density at radius 3 is 2.72 bits per heavy atom. The highest BCUT2D eigenvalue weighted by atomic mass is 16.6. The molecule has 18 heavy (non-hydrogen) atoms. The van der Waals surface area contributed by atoms with Crippen LogP contribution < -0.4 is 0 Å². The van der Waals surface area contributed by atoms with Gasteiger partial charge in [-0.1, -0.05) is 6.08 Å². The minimum absolute atomic E-state index is 0.113. The number of carbonyl (C=O) groups is 1. The van der Waals surface area contributed by atoms with Gasteiger partial charge in [-0.2, -0.15) is 0 Å². The van der Waals surface area contributed by atoms with Crippen LogP contribution in [0.25, 0.3) is 5.57 Å². The van der Waals surface area contributed by atoms with E-state index in [9.17, 15) is 14.9 Å². The van der Waals surface area contributed by atoms with Gasteiger partial charge in [0.15, 0.2) is 0 Å². The standard InChI is InChI=1S/C13H14N2O3/c1-10-8-12(15(17)18)2-3-13(10)11-4-6-14(9-16)7-5-11/h2-4,8-9H,5-7H2,1H3. The summed E-state index contributed by atoms with van der Waals surface area (Å²) in [7, 11) is 0. The zero-order valence-electron chi connectivity index (χ0n) is 10.1. The molecule has 0 spiro atoms. The molecule has 1 aromatic rings. The number of nitro benzene ring substituents is 1. The molecule has 0 bridgehead atoms. The Balaban J connectivity index is 2.27. The molecule has 1 aliphatic heterocycles. The lowest BCUT2D eigenvalue weighted by Gasteiger charge is -2.23. The Bertz CT molecular complexity index is 523. The van der Waals surface area contributed by atoms with E-state index in [0.29, 0.717) is 13.1 Å². The highest BCUT2D eigenvalue weighted by molar-refractivity contribution is 5.71. The molecule has 1 heterocycles. The van der Waals surface area contributed by atoms with Crippen LogP contribution in [0.15, 0.2) is 24.3 Å². The molecular formula is C13H14N2O3. The number of amides is 1. The topological polar surface area (TPSA) is 63.5 Å². The number of non-ortho nitro benzene ring substituents is 1. The quantitative estimate of drug-likeness (QED) is 0.466. The van der Waals surface area contributed by atoms with Crippen LogP contribution in [0.5, 0.6) is 0 Å². The van der Waals surface area contributed by atoms with E-state index < -0.39 is 0 Å². The molecule has 0 aliphatic carbocycles. The van der Waals surface area contributed by atoms with Crippen molar-refractivity contribution in [3.63, 3.8) is 0 Å². The average Bonchev–Trinajstić information content (AvgIpc) is 2.38. The van der Waals surface area contributed by atoms with Crippen molar-refractivity contribution >= 4 is 17.7 Å². The highest BCUT2D eigenvalue weighted by Gasteiger charge is 2.14. The SMILES string of the molecule is Cc1cc([N+](=O)[O-])ccc1C1=CCN(C=O)CC1. The van der Waals surface area contributed by atoms with Crippen LogP contribution in [0.1, 0.15) is 17.5 Å². The summed E-state index contributed by atoms with van der Waals surface area (Å²) in [5, 5.41) is 10.7. The van der Waals surface area contributed by atoms with Crippen LogP contribution in [0.4, 0.5) is 5.69 Å². The second kappa shape index (κ2) is 5.00. The zero-order chi connectivity index (χ0) is 13.1. The highest BCUT2D eigenvalue weighted by Crippen LogP contribution is 2.27. The number of benzene rings is 1. The second-order valence-electron chi connectivity index (χ2n) is 4.34. The van der Waals surface area contributed by atoms with E-state index in [-0.39, 0.29) is 10.6 Å². The van der Waals surface area contributed by atoms with E-state index in [4.69, 9.17) is 0 Å². The largest absolute Gasteiger partial charge is 0.341 e. The van der Waals surface area contributed by atoms with E-state index in [1.165, 1.54) is 6.07 Å². The van der Waals surface area contributed by atoms with Crippen LogP contribution in [-0.4, -0.2) is 29.3 Å². The zero-order valence-corrected chi connectivity index (χ0v) is 10.1. The van der Waals surface area contributed by atoms with Gasteiger partial charge in [-0.3, -0.25) is 14.9 Å². The first kappa shape index (κ1) is 12.3. The van der Waals surface area contributed by atoms with E-state index in [0.717, 1.165) is 29.5 Å². The maximum absolute atomic E-state index is 10.7. The van der Waals surface area contributed by atoms with Gasteiger partial charge < -0.3 is 4.90 Å². The van der Waals surface area contributed by atoms with Crippen molar-refractivity contribution in [1.82, 2.24) is 4.90 Å². The Morgan fingerprint density at radius 1 is 1.44 bits per heavy atom. The first-order chi connectivity index (χ1) is 8.61. The molecule has 0 saturated carbocycles. The second-order valence-corrected chi connectivity index (χ2v) is 4.34. The summed E-state index contributed by atoms with van der Waals surface area (Å²) in [5.41, 5.74) is 3.20. The van der Waals surface area contributed by atoms with Crippen molar-refractivity contribution in [2.45, 2.75) is 13.3 Å². The molecule has 5 heteroatoms. The van der Waals surface area contributed by atoms with Gasteiger partial charge in [0.2, 0.25) is 6.41 Å². The Labute approximate surface area is 105 Å². The summed E-state index contributed by atoms with van der Waals surface area (Å²) in [4.78, 5) is 22.6. The third-order valence-electron chi connectivity index (χ3n) is 3.16. The van der Waals surface area contributed by atoms with Gasteiger partial charge in [-0.15, -0.1) is 0 Å². The van der Waals surface area contributed by atoms with Gasteiger partial charge in [0.25, 0.3) is 5.69 Å². The third-order valence-corrected chi connectivity index (χ3v) is 3.16. The van der Waals surface area contributed by atoms with Crippen LogP contribution >= 0.6 is 0 Å². The number of hydrogen-bond donors (Lipinski definition) is 0. The minimum Gasteiger partial charge on any atom is -0.341 e. The van der Waals surface area contributed by atoms with E-state index in [1.54, 1.807) is 17.0 Å². The molecule has 1 aromatic carbocycles. The van der Waals surface area contributed by atoms with Crippen LogP contribution in [0.3, 0.4) is 0 Å². The number of aryl methyl sites for hydroxylation is 1. The fourth-order valence-corrected chi connectivity index (χ4v) is 2.15. The Morgan fingerprint density at radius 2 is 2.22 bits per heavy atom. The molecule has 94 valence electrons. The van der Waals surface area contributed by atoms with Gasteiger partial charge in [0.05, 0.1) is 4.92 Å². The normalized spacial score (nSPS) is 15.2. The number of rotatable bonds is 3. The first-order valence-electron chi connectivity index (χ1n) is 5.75. The smallest absolute Gasteiger partial charge is 0.269 e. The summed E-state index contributed by atoms with van der Waals surface area (Å²) in [5.74, 6) is 0. The lowest BCUT2D eigenvalue weighted by molar-refractivity contribution is -0.384. The van der Waals surface area contributed by atoms with Crippen LogP contribution in [-0.2, 0) is 4.79 Å². The van der Waals surface area contributed by atoms with Gasteiger partial charge >= 0.3 is 0 Å². The van der Waals surface area contributed by atoms with E-state index in [1.807, 2.05) is 13.0 Å². The number of carbonyl (C=O) groups excluding carboxylic acids is 1. The van der Waals surface area contributed by atoms with Crippen molar-refractivity contribution < 1.29 is 9.72 Å². The summed E-state index contributed by atoms with van der Waals surface area (Å²) >= 11 is 0. The molecule has 2 rings (SSSR count). The maximum Gasteiger partial charge on any atom is 0.269 e. The summed E-state index contributed by atoms with van der Waals surface area (Å²) < 4.78 is 0. The van der Waals surface area contributed by atoms with Crippen LogP contribution in [0, 0.1) is 17.0 Å². The van der Waals surface area contributed by atoms with E-state index in [2.05, 4.69) is 0 Å². The molecule has 5 nitrogen and oxygen atoms in total. The lowest BCUT2D eigenvalue weighted by atomic mass is 9.95. The molecule has 0 N–H and O–H groups in total. The predicted octanol–water partition coefficient (Wildman–Crippen LogP) is 2.15. The van der Waals surface area contributed by atoms with Gasteiger partial charge in [-0.05, 0) is 36.1 Å². The number of nitrogens with zero attached hydrogens (tertiary/aromatic N) is 2. The molecule has 0 unspecified atom stereocenters. The van der Waals surface area contributed by atoms with Crippen molar-refractivity contribution in [2.75, 3.05) is 13.1 Å². The average molecular weight is 246 g/mol. The molecule has 0 saturated heterocycles. The maximum atomic E-state index is 10.7. The van der Waals surface area contributed by atoms with Crippen molar-refractivity contribution in [2.24, 2.45) is 0 Å². The van der Waals surface area contributed by atoms with Crippen LogP contribution in [0.2, 0.25) is 0 Å². The van der Waals surface area contributed by atoms with Gasteiger partial charge in [0.1, 0.15) is 0 Å². The summed E-state index contributed by atoms with van der Waals surface area (Å²) in [6.45, 7) is 3.18. The molecule has 1 amide bonds. The summed E-state index contributed by atoms with van der Waals surface area (Å²) in [6.07, 6.45) is 3.64. The lowest BCUT2D eigenvalue weighted by Crippen LogP contribution is -2.26. The molecule has 0 atom stereocenters. The molecular weight excluding hydrogens is 232 g/mol. The van der Waals surface area contributed by atoms with Gasteiger partial charge in [-0.25, -0.2) is 0 Å². The van der Waals surface area contributed by atoms with Crippen molar-refractivity contribution in [3.8, 4) is 0 Å². The Hall–Kier alpha value is -2.17. The number of hydrogen-bond acceptors (Lipinski definition) is 3.